The molecule has 1 aromatic carbocycles. The summed E-state index contributed by atoms with van der Waals surface area (Å²) in [4.78, 5) is 26.1. The molecule has 2 aromatic heterocycles. The minimum absolute atomic E-state index is 0.153. The van der Waals surface area contributed by atoms with Gasteiger partial charge in [-0.3, -0.25) is 4.79 Å². The number of hydrogen-bond acceptors (Lipinski definition) is 8. The van der Waals surface area contributed by atoms with E-state index in [1.165, 1.54) is 35.8 Å². The number of nitrogens with zero attached hydrogens (tertiary/aromatic N) is 3. The van der Waals surface area contributed by atoms with Gasteiger partial charge in [0.25, 0.3) is 0 Å². The number of thiophene rings is 1. The zero-order chi connectivity index (χ0) is 23.4. The fourth-order valence-electron chi connectivity index (χ4n) is 3.74. The van der Waals surface area contributed by atoms with Crippen LogP contribution in [0.15, 0.2) is 29.4 Å². The number of methoxy groups -OCH3 is 1. The molecular weight excluding hydrogens is 460 g/mol. The van der Waals surface area contributed by atoms with E-state index in [0.29, 0.717) is 34.7 Å². The van der Waals surface area contributed by atoms with Crippen molar-refractivity contribution in [2.75, 3.05) is 18.2 Å². The van der Waals surface area contributed by atoms with Crippen LogP contribution in [0.25, 0.3) is 0 Å². The van der Waals surface area contributed by atoms with Crippen molar-refractivity contribution in [1.82, 2.24) is 14.8 Å². The van der Waals surface area contributed by atoms with E-state index < -0.39 is 5.97 Å². The van der Waals surface area contributed by atoms with Gasteiger partial charge >= 0.3 is 5.97 Å². The zero-order valence-electron chi connectivity index (χ0n) is 18.8. The molecule has 10 heteroatoms. The Labute approximate surface area is 200 Å². The van der Waals surface area contributed by atoms with Gasteiger partial charge in [0.1, 0.15) is 17.4 Å². The summed E-state index contributed by atoms with van der Waals surface area (Å²) in [5, 5.41) is 12.6. The van der Waals surface area contributed by atoms with Gasteiger partial charge in [0.2, 0.25) is 5.91 Å². The zero-order valence-corrected chi connectivity index (χ0v) is 20.5. The molecule has 0 bridgehead atoms. The number of carbonyl (C=O) groups is 2. The number of hydrogen-bond donors (Lipinski definition) is 1. The third-order valence-corrected chi connectivity index (χ3v) is 7.57. The summed E-state index contributed by atoms with van der Waals surface area (Å²) in [7, 11) is 1.36. The standard InChI is InChI=1S/C23H26N4O4S2/c1-4-27-18(12-31-15-10-8-14(2)9-11-15)25-26-23(27)32-13-19(28)24-21-20(22(29)30-3)16-6-5-7-17(16)33-21/h8-11H,4-7,12-13H2,1-3H3,(H,24,28). The lowest BCUT2D eigenvalue weighted by molar-refractivity contribution is -0.113. The van der Waals surface area contributed by atoms with E-state index >= 15 is 0 Å². The number of amides is 1. The molecule has 0 aliphatic heterocycles. The van der Waals surface area contributed by atoms with Crippen molar-refractivity contribution in [2.24, 2.45) is 0 Å². The molecule has 0 unspecified atom stereocenters. The lowest BCUT2D eigenvalue weighted by Crippen LogP contribution is -2.17. The molecule has 4 rings (SSSR count). The molecule has 2 heterocycles. The van der Waals surface area contributed by atoms with E-state index in [9.17, 15) is 9.59 Å². The number of benzene rings is 1. The van der Waals surface area contributed by atoms with E-state index in [1.54, 1.807) is 0 Å². The maximum atomic E-state index is 12.7. The van der Waals surface area contributed by atoms with E-state index in [2.05, 4.69) is 15.5 Å². The van der Waals surface area contributed by atoms with Crippen LogP contribution in [0.2, 0.25) is 0 Å². The van der Waals surface area contributed by atoms with Crippen LogP contribution in [0.4, 0.5) is 5.00 Å². The Morgan fingerprint density at radius 1 is 1.21 bits per heavy atom. The number of ether oxygens (including phenoxy) is 2. The molecule has 0 atom stereocenters. The van der Waals surface area contributed by atoms with E-state index in [-0.39, 0.29) is 11.7 Å². The average Bonchev–Trinajstić information content (AvgIpc) is 3.51. The van der Waals surface area contributed by atoms with E-state index in [0.717, 1.165) is 35.5 Å². The average molecular weight is 487 g/mol. The first-order chi connectivity index (χ1) is 16.0. The summed E-state index contributed by atoms with van der Waals surface area (Å²) in [5.74, 6) is 1.02. The van der Waals surface area contributed by atoms with Crippen molar-refractivity contribution in [1.29, 1.82) is 0 Å². The Morgan fingerprint density at radius 2 is 2.00 bits per heavy atom. The molecule has 33 heavy (non-hydrogen) atoms. The molecule has 174 valence electrons. The number of rotatable bonds is 9. The fourth-order valence-corrected chi connectivity index (χ4v) is 5.85. The minimum atomic E-state index is -0.402. The highest BCUT2D eigenvalue weighted by Gasteiger charge is 2.28. The quantitative estimate of drug-likeness (QED) is 0.357. The molecular formula is C23H26N4O4S2. The Hall–Kier alpha value is -2.85. The van der Waals surface area contributed by atoms with Gasteiger partial charge in [-0.15, -0.1) is 21.5 Å². The number of anilines is 1. The smallest absolute Gasteiger partial charge is 0.341 e. The Balaban J connectivity index is 1.38. The third kappa shape index (κ3) is 5.22. The Kier molecular flexibility index (Phi) is 7.34. The summed E-state index contributed by atoms with van der Waals surface area (Å²) in [6.07, 6.45) is 2.80. The second-order valence-electron chi connectivity index (χ2n) is 7.63. The van der Waals surface area contributed by atoms with Crippen LogP contribution < -0.4 is 10.1 Å². The molecule has 1 N–H and O–H groups in total. The Morgan fingerprint density at radius 3 is 2.73 bits per heavy atom. The number of aromatic nitrogens is 3. The predicted octanol–water partition coefficient (Wildman–Crippen LogP) is 4.25. The van der Waals surface area contributed by atoms with Crippen LogP contribution in [-0.4, -0.2) is 39.5 Å². The molecule has 3 aromatic rings. The topological polar surface area (TPSA) is 95.3 Å². The summed E-state index contributed by atoms with van der Waals surface area (Å²) < 4.78 is 12.7. The van der Waals surface area contributed by atoms with Crippen LogP contribution in [0, 0.1) is 6.92 Å². The van der Waals surface area contributed by atoms with Crippen molar-refractivity contribution in [3.63, 3.8) is 0 Å². The molecule has 0 saturated heterocycles. The minimum Gasteiger partial charge on any atom is -0.486 e. The highest BCUT2D eigenvalue weighted by Crippen LogP contribution is 2.39. The number of aryl methyl sites for hydroxylation is 2. The number of nitrogens with one attached hydrogen (secondary N) is 1. The van der Waals surface area contributed by atoms with Crippen molar-refractivity contribution in [3.8, 4) is 5.75 Å². The van der Waals surface area contributed by atoms with Gasteiger partial charge in [-0.05, 0) is 50.8 Å². The van der Waals surface area contributed by atoms with E-state index in [1.807, 2.05) is 42.7 Å². The van der Waals surface area contributed by atoms with Crippen LogP contribution in [0.3, 0.4) is 0 Å². The molecule has 0 radical (unpaired) electrons. The lowest BCUT2D eigenvalue weighted by atomic mass is 10.1. The first-order valence-corrected chi connectivity index (χ1v) is 12.6. The van der Waals surface area contributed by atoms with Crippen LogP contribution in [0.5, 0.6) is 5.75 Å². The third-order valence-electron chi connectivity index (χ3n) is 5.39. The molecule has 1 amide bonds. The van der Waals surface area contributed by atoms with Crippen molar-refractivity contribution in [2.45, 2.75) is 51.4 Å². The van der Waals surface area contributed by atoms with Gasteiger partial charge in [-0.1, -0.05) is 29.5 Å². The second-order valence-corrected chi connectivity index (χ2v) is 9.68. The fraction of sp³-hybridized carbons (Fsp3) is 0.391. The maximum Gasteiger partial charge on any atom is 0.341 e. The molecule has 0 saturated carbocycles. The normalized spacial score (nSPS) is 12.5. The van der Waals surface area contributed by atoms with Gasteiger partial charge < -0.3 is 19.4 Å². The predicted molar refractivity (Wildman–Crippen MR) is 128 cm³/mol. The van der Waals surface area contributed by atoms with Crippen molar-refractivity contribution >= 4 is 40.0 Å². The summed E-state index contributed by atoms with van der Waals surface area (Å²) in [5.41, 5.74) is 2.68. The number of thioether (sulfide) groups is 1. The molecule has 0 fully saturated rings. The molecule has 1 aliphatic carbocycles. The summed E-state index contributed by atoms with van der Waals surface area (Å²) in [6, 6.07) is 7.83. The highest BCUT2D eigenvalue weighted by atomic mass is 32.2. The van der Waals surface area contributed by atoms with Gasteiger partial charge in [0.15, 0.2) is 11.0 Å². The van der Waals surface area contributed by atoms with Gasteiger partial charge in [-0.25, -0.2) is 4.79 Å². The van der Waals surface area contributed by atoms with Crippen molar-refractivity contribution < 1.29 is 19.1 Å². The Bertz CT molecular complexity index is 1150. The lowest BCUT2D eigenvalue weighted by Gasteiger charge is -2.09. The molecule has 8 nitrogen and oxygen atoms in total. The van der Waals surface area contributed by atoms with Crippen LogP contribution >= 0.6 is 23.1 Å². The van der Waals surface area contributed by atoms with Crippen LogP contribution in [-0.2, 0) is 35.5 Å². The number of fused-ring (bicyclic) bond motifs is 1. The largest absolute Gasteiger partial charge is 0.486 e. The number of carbonyl (C=O) groups excluding carboxylic acids is 2. The second kappa shape index (κ2) is 10.4. The first kappa shape index (κ1) is 23.3. The first-order valence-electron chi connectivity index (χ1n) is 10.8. The maximum absolute atomic E-state index is 12.7. The summed E-state index contributed by atoms with van der Waals surface area (Å²) in [6.45, 7) is 4.98. The SMILES string of the molecule is CCn1c(COc2ccc(C)cc2)nnc1SCC(=O)Nc1sc2c(c1C(=O)OC)CCC2. The van der Waals surface area contributed by atoms with Gasteiger partial charge in [0, 0.05) is 11.4 Å². The monoisotopic (exact) mass is 486 g/mol. The van der Waals surface area contributed by atoms with E-state index in [4.69, 9.17) is 9.47 Å². The van der Waals surface area contributed by atoms with Gasteiger partial charge in [-0.2, -0.15) is 0 Å². The summed E-state index contributed by atoms with van der Waals surface area (Å²) >= 11 is 2.77. The highest BCUT2D eigenvalue weighted by molar-refractivity contribution is 7.99. The van der Waals surface area contributed by atoms with Gasteiger partial charge in [0.05, 0.1) is 18.4 Å². The molecule has 1 aliphatic rings. The van der Waals surface area contributed by atoms with Crippen LogP contribution in [0.1, 0.15) is 45.5 Å². The van der Waals surface area contributed by atoms with Crippen molar-refractivity contribution in [3.05, 3.63) is 51.7 Å². The molecule has 0 spiro atoms. The number of esters is 1.